The zero-order valence-corrected chi connectivity index (χ0v) is 16.4. The Balaban J connectivity index is 1.53. The molecular formula is C22H26N4O3. The van der Waals surface area contributed by atoms with E-state index in [0.29, 0.717) is 43.8 Å². The van der Waals surface area contributed by atoms with E-state index in [1.165, 1.54) is 6.20 Å². The Hall–Kier alpha value is -3.19. The molecule has 1 heterocycles. The van der Waals surface area contributed by atoms with Crippen molar-refractivity contribution in [3.8, 4) is 5.75 Å². The van der Waals surface area contributed by atoms with E-state index in [0.717, 1.165) is 35.3 Å². The molecule has 1 amide bonds. The molecule has 0 fully saturated rings. The number of carbonyl (C=O) groups excluding carboxylic acids is 2. The number of benzene rings is 1. The van der Waals surface area contributed by atoms with Gasteiger partial charge in [-0.3, -0.25) is 9.59 Å². The molecule has 0 unspecified atom stereocenters. The number of ketones is 1. The monoisotopic (exact) mass is 394 g/mol. The van der Waals surface area contributed by atoms with Crippen molar-refractivity contribution in [2.75, 3.05) is 18.6 Å². The van der Waals surface area contributed by atoms with Crippen LogP contribution in [-0.4, -0.2) is 29.8 Å². The summed E-state index contributed by atoms with van der Waals surface area (Å²) in [5.74, 6) is 6.56. The van der Waals surface area contributed by atoms with Crippen LogP contribution in [-0.2, 0) is 12.8 Å². The lowest BCUT2D eigenvalue weighted by atomic mass is 9.86. The van der Waals surface area contributed by atoms with Crippen LogP contribution < -0.4 is 21.3 Å². The molecule has 1 aromatic carbocycles. The quantitative estimate of drug-likeness (QED) is 0.261. The fraction of sp³-hybridized carbons (Fsp3) is 0.318. The highest BCUT2D eigenvalue weighted by Crippen LogP contribution is 2.32. The molecule has 7 nitrogen and oxygen atoms in total. The molecule has 1 aromatic heterocycles. The number of fused-ring (bicyclic) bond motifs is 1. The molecule has 0 saturated carbocycles. The highest BCUT2D eigenvalue weighted by Gasteiger charge is 2.21. The number of hydrazine groups is 1. The highest BCUT2D eigenvalue weighted by molar-refractivity contribution is 5.99. The van der Waals surface area contributed by atoms with Gasteiger partial charge < -0.3 is 15.5 Å². The smallest absolute Gasteiger partial charge is 0.252 e. The summed E-state index contributed by atoms with van der Waals surface area (Å²) in [7, 11) is 0. The van der Waals surface area contributed by atoms with Crippen LogP contribution >= 0.6 is 0 Å². The van der Waals surface area contributed by atoms with E-state index in [9.17, 15) is 9.59 Å². The molecule has 1 aliphatic rings. The first kappa shape index (κ1) is 20.5. The number of anilines is 1. The third-order valence-electron chi connectivity index (χ3n) is 4.91. The predicted molar refractivity (Wildman–Crippen MR) is 112 cm³/mol. The Morgan fingerprint density at radius 1 is 1.28 bits per heavy atom. The number of aromatic nitrogens is 1. The van der Waals surface area contributed by atoms with E-state index >= 15 is 0 Å². The lowest BCUT2D eigenvalue weighted by Gasteiger charge is -2.21. The van der Waals surface area contributed by atoms with E-state index < -0.39 is 0 Å². The van der Waals surface area contributed by atoms with Gasteiger partial charge in [0.15, 0.2) is 5.78 Å². The van der Waals surface area contributed by atoms with Gasteiger partial charge in [-0.1, -0.05) is 6.08 Å². The topological polar surface area (TPSA) is 106 Å². The number of nitrogens with one attached hydrogen (secondary N) is 2. The van der Waals surface area contributed by atoms with Crippen LogP contribution in [0.15, 0.2) is 43.1 Å². The Bertz CT molecular complexity index is 894. The number of nitrogens with two attached hydrogens (primary N) is 1. The fourth-order valence-electron chi connectivity index (χ4n) is 3.45. The number of rotatable bonds is 9. The third kappa shape index (κ3) is 5.00. The van der Waals surface area contributed by atoms with Crippen molar-refractivity contribution in [3.63, 3.8) is 0 Å². The van der Waals surface area contributed by atoms with E-state index in [4.69, 9.17) is 10.6 Å². The maximum absolute atomic E-state index is 12.1. The second-order valence-electron chi connectivity index (χ2n) is 6.87. The fourth-order valence-corrected chi connectivity index (χ4v) is 3.45. The van der Waals surface area contributed by atoms with Gasteiger partial charge in [-0.25, -0.2) is 10.8 Å². The van der Waals surface area contributed by atoms with Crippen molar-refractivity contribution in [1.82, 2.24) is 10.3 Å². The first-order valence-corrected chi connectivity index (χ1v) is 9.76. The van der Waals surface area contributed by atoms with Crippen LogP contribution in [0.3, 0.4) is 0 Å². The van der Waals surface area contributed by atoms with Gasteiger partial charge in [-0.05, 0) is 55.5 Å². The molecule has 29 heavy (non-hydrogen) atoms. The van der Waals surface area contributed by atoms with Crippen molar-refractivity contribution < 1.29 is 14.3 Å². The number of hydrogen-bond donors (Lipinski definition) is 3. The summed E-state index contributed by atoms with van der Waals surface area (Å²) in [6.07, 6.45) is 7.01. The minimum atomic E-state index is -0.194. The van der Waals surface area contributed by atoms with E-state index in [1.54, 1.807) is 12.1 Å². The molecule has 152 valence electrons. The van der Waals surface area contributed by atoms with Crippen molar-refractivity contribution in [2.24, 2.45) is 5.84 Å². The lowest BCUT2D eigenvalue weighted by molar-refractivity contribution is 0.0949. The largest absolute Gasteiger partial charge is 0.493 e. The Kier molecular flexibility index (Phi) is 6.97. The molecule has 3 rings (SSSR count). The molecule has 7 heteroatoms. The zero-order valence-electron chi connectivity index (χ0n) is 16.4. The molecule has 0 spiro atoms. The van der Waals surface area contributed by atoms with Gasteiger partial charge in [0.2, 0.25) is 0 Å². The summed E-state index contributed by atoms with van der Waals surface area (Å²) in [4.78, 5) is 28.3. The van der Waals surface area contributed by atoms with Crippen molar-refractivity contribution in [1.29, 1.82) is 0 Å². The molecule has 1 aliphatic carbocycles. The Morgan fingerprint density at radius 2 is 2.14 bits per heavy atom. The number of Topliss-reactive ketones (excluding diaryl/α,β-unsaturated/α-hetero) is 1. The van der Waals surface area contributed by atoms with Gasteiger partial charge in [0.25, 0.3) is 5.91 Å². The maximum atomic E-state index is 12.1. The van der Waals surface area contributed by atoms with Crippen molar-refractivity contribution in [2.45, 2.75) is 32.1 Å². The average Bonchev–Trinajstić information content (AvgIpc) is 2.75. The Morgan fingerprint density at radius 3 is 2.86 bits per heavy atom. The molecule has 0 saturated heterocycles. The van der Waals surface area contributed by atoms with Gasteiger partial charge in [0.05, 0.1) is 12.2 Å². The van der Waals surface area contributed by atoms with Gasteiger partial charge in [-0.15, -0.1) is 6.58 Å². The number of ether oxygens (including phenoxy) is 1. The summed E-state index contributed by atoms with van der Waals surface area (Å²) in [5, 5.41) is 2.85. The van der Waals surface area contributed by atoms with Crippen LogP contribution in [0, 0.1) is 0 Å². The molecule has 0 aliphatic heterocycles. The second-order valence-corrected chi connectivity index (χ2v) is 6.87. The first-order valence-electron chi connectivity index (χ1n) is 9.76. The van der Waals surface area contributed by atoms with Crippen molar-refractivity contribution >= 4 is 17.5 Å². The molecule has 0 atom stereocenters. The summed E-state index contributed by atoms with van der Waals surface area (Å²) in [6.45, 7) is 4.78. The molecular weight excluding hydrogens is 368 g/mol. The summed E-state index contributed by atoms with van der Waals surface area (Å²) in [6, 6.07) is 7.04. The minimum Gasteiger partial charge on any atom is -0.493 e. The number of nitrogens with zero attached hydrogens (tertiary/aromatic N) is 1. The van der Waals surface area contributed by atoms with E-state index in [2.05, 4.69) is 22.3 Å². The van der Waals surface area contributed by atoms with Gasteiger partial charge in [-0.2, -0.15) is 0 Å². The first-order chi connectivity index (χ1) is 14.1. The number of hydrogen-bond acceptors (Lipinski definition) is 6. The summed E-state index contributed by atoms with van der Waals surface area (Å²) < 4.78 is 5.96. The van der Waals surface area contributed by atoms with Crippen LogP contribution in [0.1, 0.15) is 51.1 Å². The number of carbonyl (C=O) groups is 2. The van der Waals surface area contributed by atoms with Crippen LogP contribution in [0.4, 0.5) is 5.82 Å². The van der Waals surface area contributed by atoms with Crippen LogP contribution in [0.5, 0.6) is 5.75 Å². The normalized spacial score (nSPS) is 12.8. The van der Waals surface area contributed by atoms with Crippen LogP contribution in [0.25, 0.3) is 0 Å². The zero-order chi connectivity index (χ0) is 20.6. The SMILES string of the molecule is C=CCc1c(OCCCNC(=O)c2ccc(NN)nc2)ccc2c1CCCC2=O. The van der Waals surface area contributed by atoms with Gasteiger partial charge in [0.1, 0.15) is 11.6 Å². The van der Waals surface area contributed by atoms with Gasteiger partial charge in [0, 0.05) is 30.3 Å². The number of nitrogen functional groups attached to an aromatic ring is 1. The molecule has 0 bridgehead atoms. The molecule has 4 N–H and O–H groups in total. The Labute approximate surface area is 170 Å². The number of allylic oxidation sites excluding steroid dienone is 1. The van der Waals surface area contributed by atoms with Crippen molar-refractivity contribution in [3.05, 3.63) is 65.4 Å². The van der Waals surface area contributed by atoms with Gasteiger partial charge >= 0.3 is 0 Å². The van der Waals surface area contributed by atoms with E-state index in [1.807, 2.05) is 18.2 Å². The lowest BCUT2D eigenvalue weighted by Crippen LogP contribution is -2.26. The standard InChI is InChI=1S/C22H26N4O3/c1-2-5-18-16-6-3-7-19(27)17(16)9-10-20(18)29-13-4-12-24-22(28)15-8-11-21(26-23)25-14-15/h2,8-11,14H,1,3-7,12-13,23H2,(H,24,28)(H,25,26). The second kappa shape index (κ2) is 9.84. The number of pyridine rings is 1. The predicted octanol–water partition coefficient (Wildman–Crippen LogP) is 2.81. The maximum Gasteiger partial charge on any atom is 0.252 e. The average molecular weight is 394 g/mol. The number of amides is 1. The summed E-state index contributed by atoms with van der Waals surface area (Å²) in [5.41, 5.74) is 5.85. The van der Waals surface area contributed by atoms with E-state index in [-0.39, 0.29) is 11.7 Å². The molecule has 2 aromatic rings. The summed E-state index contributed by atoms with van der Waals surface area (Å²) >= 11 is 0. The minimum absolute atomic E-state index is 0.194. The third-order valence-corrected chi connectivity index (χ3v) is 4.91. The van der Waals surface area contributed by atoms with Crippen LogP contribution in [0.2, 0.25) is 0 Å². The highest BCUT2D eigenvalue weighted by atomic mass is 16.5. The molecule has 0 radical (unpaired) electrons.